The van der Waals surface area contributed by atoms with Crippen LogP contribution in [-0.4, -0.2) is 23.8 Å². The Morgan fingerprint density at radius 2 is 2.00 bits per heavy atom. The molecule has 0 radical (unpaired) electrons. The smallest absolute Gasteiger partial charge is 0.408 e. The highest BCUT2D eigenvalue weighted by atomic mass is 32.2. The van der Waals surface area contributed by atoms with Crippen LogP contribution in [-0.2, 0) is 4.74 Å². The summed E-state index contributed by atoms with van der Waals surface area (Å²) >= 11 is 1.50. The monoisotopic (exact) mass is 177 g/mol. The molecule has 1 N–H and O–H groups in total. The standard InChI is InChI=1S/C7H15NO2S/c1-5(2)8-7(9)10-6(3)11-4/h5-6H,1-4H3,(H,8,9). The number of hydrogen-bond donors (Lipinski definition) is 1. The van der Waals surface area contributed by atoms with E-state index in [0.717, 1.165) is 0 Å². The molecule has 0 aliphatic carbocycles. The summed E-state index contributed by atoms with van der Waals surface area (Å²) in [7, 11) is 0. The maximum Gasteiger partial charge on any atom is 0.408 e. The van der Waals surface area contributed by atoms with Crippen molar-refractivity contribution in [2.45, 2.75) is 32.2 Å². The van der Waals surface area contributed by atoms with Gasteiger partial charge in [-0.25, -0.2) is 4.79 Å². The van der Waals surface area contributed by atoms with E-state index >= 15 is 0 Å². The molecule has 0 heterocycles. The van der Waals surface area contributed by atoms with Gasteiger partial charge in [-0.2, -0.15) is 0 Å². The molecule has 1 amide bonds. The second kappa shape index (κ2) is 5.29. The lowest BCUT2D eigenvalue weighted by Crippen LogP contribution is -2.32. The molecule has 11 heavy (non-hydrogen) atoms. The first-order valence-corrected chi connectivity index (χ1v) is 4.85. The van der Waals surface area contributed by atoms with Crippen molar-refractivity contribution in [2.24, 2.45) is 0 Å². The third-order valence-corrected chi connectivity index (χ3v) is 1.77. The van der Waals surface area contributed by atoms with Gasteiger partial charge in [0, 0.05) is 6.04 Å². The summed E-state index contributed by atoms with van der Waals surface area (Å²) in [5, 5.41) is 2.63. The third-order valence-electron chi connectivity index (χ3n) is 1.01. The van der Waals surface area contributed by atoms with Gasteiger partial charge in [0.2, 0.25) is 0 Å². The van der Waals surface area contributed by atoms with Gasteiger partial charge in [-0.15, -0.1) is 11.8 Å². The van der Waals surface area contributed by atoms with Gasteiger partial charge in [0.05, 0.1) is 0 Å². The van der Waals surface area contributed by atoms with Crippen molar-refractivity contribution < 1.29 is 9.53 Å². The van der Waals surface area contributed by atoms with E-state index in [-0.39, 0.29) is 17.6 Å². The van der Waals surface area contributed by atoms with Crippen LogP contribution >= 0.6 is 11.8 Å². The van der Waals surface area contributed by atoms with Crippen LogP contribution in [0.2, 0.25) is 0 Å². The van der Waals surface area contributed by atoms with Gasteiger partial charge in [-0.3, -0.25) is 0 Å². The van der Waals surface area contributed by atoms with E-state index in [1.165, 1.54) is 11.8 Å². The Morgan fingerprint density at radius 3 is 2.36 bits per heavy atom. The molecule has 3 nitrogen and oxygen atoms in total. The van der Waals surface area contributed by atoms with E-state index in [4.69, 9.17) is 4.74 Å². The van der Waals surface area contributed by atoms with Gasteiger partial charge in [0.25, 0.3) is 0 Å². The van der Waals surface area contributed by atoms with Gasteiger partial charge in [-0.05, 0) is 27.0 Å². The Labute approximate surface area is 71.9 Å². The number of carbonyl (C=O) groups excluding carboxylic acids is 1. The molecule has 0 aromatic heterocycles. The Hall–Kier alpha value is -0.380. The van der Waals surface area contributed by atoms with Crippen LogP contribution in [0.5, 0.6) is 0 Å². The number of rotatable bonds is 3. The first-order valence-electron chi connectivity index (χ1n) is 3.56. The molecule has 0 aliphatic rings. The van der Waals surface area contributed by atoms with Crippen LogP contribution in [0.4, 0.5) is 4.79 Å². The highest BCUT2D eigenvalue weighted by Crippen LogP contribution is 2.06. The summed E-state index contributed by atoms with van der Waals surface area (Å²) in [5.41, 5.74) is -0.0752. The molecule has 0 rings (SSSR count). The Bertz CT molecular complexity index is 128. The predicted octanol–water partition coefficient (Wildman–Crippen LogP) is 1.83. The minimum atomic E-state index is -0.346. The maximum atomic E-state index is 10.9. The molecule has 1 atom stereocenters. The van der Waals surface area contributed by atoms with Gasteiger partial charge in [0.1, 0.15) is 5.44 Å². The van der Waals surface area contributed by atoms with Crippen molar-refractivity contribution in [1.82, 2.24) is 5.32 Å². The number of ether oxygens (including phenoxy) is 1. The van der Waals surface area contributed by atoms with Crippen LogP contribution < -0.4 is 5.32 Å². The molecular weight excluding hydrogens is 162 g/mol. The van der Waals surface area contributed by atoms with Crippen molar-refractivity contribution >= 4 is 17.9 Å². The largest absolute Gasteiger partial charge is 0.435 e. The fourth-order valence-corrected chi connectivity index (χ4v) is 0.652. The fraction of sp³-hybridized carbons (Fsp3) is 0.857. The van der Waals surface area contributed by atoms with E-state index < -0.39 is 0 Å². The highest BCUT2D eigenvalue weighted by Gasteiger charge is 2.07. The van der Waals surface area contributed by atoms with E-state index in [0.29, 0.717) is 0 Å². The van der Waals surface area contributed by atoms with Gasteiger partial charge in [0.15, 0.2) is 0 Å². The zero-order valence-electron chi connectivity index (χ0n) is 7.38. The summed E-state index contributed by atoms with van der Waals surface area (Å²) < 4.78 is 4.92. The SMILES string of the molecule is CSC(C)OC(=O)NC(C)C. The summed E-state index contributed by atoms with van der Waals surface area (Å²) in [6, 6.07) is 0.136. The minimum absolute atomic E-state index is 0.0752. The minimum Gasteiger partial charge on any atom is -0.435 e. The summed E-state index contributed by atoms with van der Waals surface area (Å²) in [6.07, 6.45) is 1.55. The summed E-state index contributed by atoms with van der Waals surface area (Å²) in [5.74, 6) is 0. The molecule has 0 fully saturated rings. The van der Waals surface area contributed by atoms with Crippen LogP contribution in [0.25, 0.3) is 0 Å². The number of amides is 1. The second-order valence-corrected chi connectivity index (χ2v) is 3.64. The van der Waals surface area contributed by atoms with Crippen LogP contribution in [0, 0.1) is 0 Å². The molecule has 0 aromatic carbocycles. The Kier molecular flexibility index (Phi) is 5.11. The third kappa shape index (κ3) is 6.04. The normalized spacial score (nSPS) is 12.8. The molecule has 66 valence electrons. The van der Waals surface area contributed by atoms with Crippen molar-refractivity contribution in [2.75, 3.05) is 6.26 Å². The quantitative estimate of drug-likeness (QED) is 0.668. The fourth-order valence-electron chi connectivity index (χ4n) is 0.469. The molecular formula is C7H15NO2S. The summed E-state index contributed by atoms with van der Waals surface area (Å²) in [6.45, 7) is 5.63. The number of thioether (sulfide) groups is 1. The number of alkyl carbamates (subject to hydrolysis) is 1. The van der Waals surface area contributed by atoms with Crippen LogP contribution in [0.3, 0.4) is 0 Å². The van der Waals surface area contributed by atoms with Gasteiger partial charge in [-0.1, -0.05) is 0 Å². The lowest BCUT2D eigenvalue weighted by Gasteiger charge is -2.12. The van der Waals surface area contributed by atoms with E-state index in [1.807, 2.05) is 27.0 Å². The molecule has 0 aromatic rings. The molecule has 0 saturated carbocycles. The first-order chi connectivity index (χ1) is 5.06. The number of hydrogen-bond acceptors (Lipinski definition) is 3. The summed E-state index contributed by atoms with van der Waals surface area (Å²) in [4.78, 5) is 10.9. The average Bonchev–Trinajstić information content (AvgIpc) is 1.85. The van der Waals surface area contributed by atoms with E-state index in [1.54, 1.807) is 0 Å². The second-order valence-electron chi connectivity index (χ2n) is 2.51. The highest BCUT2D eigenvalue weighted by molar-refractivity contribution is 7.99. The lowest BCUT2D eigenvalue weighted by molar-refractivity contribution is 0.139. The number of nitrogens with one attached hydrogen (secondary N) is 1. The number of carbonyl (C=O) groups is 1. The zero-order valence-corrected chi connectivity index (χ0v) is 8.20. The molecule has 1 unspecified atom stereocenters. The van der Waals surface area contributed by atoms with Gasteiger partial charge >= 0.3 is 6.09 Å². The topological polar surface area (TPSA) is 38.3 Å². The maximum absolute atomic E-state index is 10.9. The van der Waals surface area contributed by atoms with Crippen LogP contribution in [0.15, 0.2) is 0 Å². The van der Waals surface area contributed by atoms with Crippen molar-refractivity contribution in [1.29, 1.82) is 0 Å². The lowest BCUT2D eigenvalue weighted by atomic mass is 10.4. The van der Waals surface area contributed by atoms with Crippen molar-refractivity contribution in [3.8, 4) is 0 Å². The van der Waals surface area contributed by atoms with E-state index in [2.05, 4.69) is 5.32 Å². The zero-order chi connectivity index (χ0) is 8.85. The van der Waals surface area contributed by atoms with Crippen molar-refractivity contribution in [3.05, 3.63) is 0 Å². The van der Waals surface area contributed by atoms with Gasteiger partial charge < -0.3 is 10.1 Å². The predicted molar refractivity (Wildman–Crippen MR) is 47.7 cm³/mol. The van der Waals surface area contributed by atoms with Crippen LogP contribution in [0.1, 0.15) is 20.8 Å². The Balaban J connectivity index is 3.52. The molecule has 0 spiro atoms. The first kappa shape index (κ1) is 10.6. The van der Waals surface area contributed by atoms with Crippen molar-refractivity contribution in [3.63, 3.8) is 0 Å². The molecule has 0 aliphatic heterocycles. The molecule has 0 bridgehead atoms. The average molecular weight is 177 g/mol. The Morgan fingerprint density at radius 1 is 1.45 bits per heavy atom. The molecule has 0 saturated heterocycles. The molecule has 4 heteroatoms. The van der Waals surface area contributed by atoms with E-state index in [9.17, 15) is 4.79 Å².